The van der Waals surface area contributed by atoms with E-state index in [1.807, 2.05) is 0 Å². The maximum absolute atomic E-state index is 11.9. The van der Waals surface area contributed by atoms with Crippen molar-refractivity contribution < 1.29 is 8.42 Å². The van der Waals surface area contributed by atoms with Gasteiger partial charge < -0.3 is 5.43 Å². The summed E-state index contributed by atoms with van der Waals surface area (Å²) in [6, 6.07) is 4.69. The minimum atomic E-state index is -3.50. The summed E-state index contributed by atoms with van der Waals surface area (Å²) < 4.78 is 24.8. The molecule has 1 N–H and O–H groups in total. The van der Waals surface area contributed by atoms with Crippen LogP contribution in [0.5, 0.6) is 0 Å². The van der Waals surface area contributed by atoms with Crippen molar-refractivity contribution in [3.8, 4) is 0 Å². The molecule has 1 aromatic carbocycles. The summed E-state index contributed by atoms with van der Waals surface area (Å²) in [7, 11) is -2.08. The summed E-state index contributed by atoms with van der Waals surface area (Å²) in [5.41, 5.74) is 3.75. The summed E-state index contributed by atoms with van der Waals surface area (Å²) in [5, 5.41) is 0.389. The third kappa shape index (κ3) is 1.52. The minimum Gasteiger partial charge on any atom is -0.305 e. The van der Waals surface area contributed by atoms with Crippen LogP contribution in [0, 0.1) is 0 Å². The molecule has 0 spiro atoms. The van der Waals surface area contributed by atoms with E-state index in [4.69, 9.17) is 11.6 Å². The first-order chi connectivity index (χ1) is 6.93. The Morgan fingerprint density at radius 3 is 2.80 bits per heavy atom. The van der Waals surface area contributed by atoms with Crippen LogP contribution < -0.4 is 5.43 Å². The fourth-order valence-corrected chi connectivity index (χ4v) is 2.92. The predicted octanol–water partition coefficient (Wildman–Crippen LogP) is 1.45. The van der Waals surface area contributed by atoms with Crippen LogP contribution in [0.15, 0.2) is 29.7 Å². The highest BCUT2D eigenvalue weighted by Crippen LogP contribution is 2.30. The molecule has 0 aliphatic carbocycles. The number of hydrogen-bond acceptors (Lipinski definition) is 3. The topological polar surface area (TPSA) is 49.4 Å². The monoisotopic (exact) mass is 244 g/mol. The summed E-state index contributed by atoms with van der Waals surface area (Å²) in [4.78, 5) is 0.182. The number of nitrogens with one attached hydrogen (secondary N) is 1. The second-order valence-corrected chi connectivity index (χ2v) is 5.58. The Morgan fingerprint density at radius 1 is 1.47 bits per heavy atom. The normalized spacial score (nSPS) is 19.5. The van der Waals surface area contributed by atoms with Gasteiger partial charge in [-0.2, -0.15) is 0 Å². The van der Waals surface area contributed by atoms with Crippen molar-refractivity contribution in [3.63, 3.8) is 0 Å². The van der Waals surface area contributed by atoms with E-state index in [1.54, 1.807) is 12.1 Å². The smallest absolute Gasteiger partial charge is 0.260 e. The maximum Gasteiger partial charge on any atom is 0.260 e. The molecule has 0 unspecified atom stereocenters. The van der Waals surface area contributed by atoms with E-state index in [-0.39, 0.29) is 4.90 Å². The summed E-state index contributed by atoms with van der Waals surface area (Å²) in [6.45, 7) is 3.74. The molecular weight excluding hydrogens is 236 g/mol. The van der Waals surface area contributed by atoms with E-state index >= 15 is 0 Å². The Kier molecular flexibility index (Phi) is 2.26. The number of halogens is 1. The Hall–Kier alpha value is -1.04. The molecule has 1 aromatic rings. The molecule has 1 aliphatic heterocycles. The highest BCUT2D eigenvalue weighted by molar-refractivity contribution is 7.89. The zero-order valence-corrected chi connectivity index (χ0v) is 9.56. The predicted molar refractivity (Wildman–Crippen MR) is 58.6 cm³/mol. The molecule has 15 heavy (non-hydrogen) atoms. The van der Waals surface area contributed by atoms with Gasteiger partial charge in [-0.1, -0.05) is 24.2 Å². The number of hydrazine groups is 1. The largest absolute Gasteiger partial charge is 0.305 e. The molecule has 4 nitrogen and oxygen atoms in total. The van der Waals surface area contributed by atoms with Gasteiger partial charge in [-0.15, -0.1) is 4.41 Å². The van der Waals surface area contributed by atoms with E-state index in [1.165, 1.54) is 13.1 Å². The standard InChI is InChI=1S/C9H9ClN2O2S/c1-6-8-4-3-7(10)5-9(8)15(13,14)12(2)11-6/h3-5,11H,1H2,2H3. The van der Waals surface area contributed by atoms with Gasteiger partial charge in [0.2, 0.25) is 0 Å². The van der Waals surface area contributed by atoms with Gasteiger partial charge in [0, 0.05) is 17.6 Å². The lowest BCUT2D eigenvalue weighted by Gasteiger charge is -2.28. The third-order valence-electron chi connectivity index (χ3n) is 2.20. The Bertz CT molecular complexity index is 539. The van der Waals surface area contributed by atoms with Crippen LogP contribution in [0.2, 0.25) is 5.02 Å². The third-order valence-corrected chi connectivity index (χ3v) is 4.14. The molecule has 6 heteroatoms. The van der Waals surface area contributed by atoms with Crippen molar-refractivity contribution in [3.05, 3.63) is 35.4 Å². The van der Waals surface area contributed by atoms with Crippen molar-refractivity contribution in [1.29, 1.82) is 0 Å². The average molecular weight is 245 g/mol. The van der Waals surface area contributed by atoms with E-state index in [2.05, 4.69) is 12.0 Å². The zero-order chi connectivity index (χ0) is 11.2. The number of benzene rings is 1. The molecule has 0 atom stereocenters. The molecule has 0 radical (unpaired) electrons. The lowest BCUT2D eigenvalue weighted by molar-refractivity contribution is 0.422. The number of hydrogen-bond donors (Lipinski definition) is 1. The molecule has 80 valence electrons. The second-order valence-electron chi connectivity index (χ2n) is 3.20. The van der Waals surface area contributed by atoms with Crippen molar-refractivity contribution in [2.24, 2.45) is 0 Å². The Labute approximate surface area is 93.2 Å². The highest BCUT2D eigenvalue weighted by Gasteiger charge is 2.30. The molecule has 1 heterocycles. The SMILES string of the molecule is C=C1NN(C)S(=O)(=O)c2cc(Cl)ccc21. The van der Waals surface area contributed by atoms with E-state index in [9.17, 15) is 8.42 Å². The van der Waals surface area contributed by atoms with Gasteiger partial charge in [0.05, 0.1) is 10.6 Å². The fourth-order valence-electron chi connectivity index (χ4n) is 1.42. The van der Waals surface area contributed by atoms with Gasteiger partial charge in [-0.05, 0) is 12.1 Å². The Balaban J connectivity index is 2.77. The molecule has 0 saturated heterocycles. The van der Waals surface area contributed by atoms with Crippen LogP contribution in [0.4, 0.5) is 0 Å². The highest BCUT2D eigenvalue weighted by atomic mass is 35.5. The first-order valence-electron chi connectivity index (χ1n) is 4.17. The van der Waals surface area contributed by atoms with Crippen molar-refractivity contribution in [1.82, 2.24) is 9.84 Å². The van der Waals surface area contributed by atoms with E-state index < -0.39 is 10.0 Å². The Morgan fingerprint density at radius 2 is 2.13 bits per heavy atom. The molecular formula is C9H9ClN2O2S. The molecule has 0 amide bonds. The molecule has 0 aromatic heterocycles. The van der Waals surface area contributed by atoms with Crippen LogP contribution in [0.1, 0.15) is 5.56 Å². The van der Waals surface area contributed by atoms with E-state index in [0.717, 1.165) is 4.41 Å². The van der Waals surface area contributed by atoms with Gasteiger partial charge in [0.1, 0.15) is 0 Å². The van der Waals surface area contributed by atoms with Crippen molar-refractivity contribution in [2.45, 2.75) is 4.90 Å². The van der Waals surface area contributed by atoms with Crippen LogP contribution in [0.3, 0.4) is 0 Å². The average Bonchev–Trinajstić information content (AvgIpc) is 2.15. The fraction of sp³-hybridized carbons (Fsp3) is 0.111. The lowest BCUT2D eigenvalue weighted by atomic mass is 10.2. The van der Waals surface area contributed by atoms with Gasteiger partial charge in [0.25, 0.3) is 10.0 Å². The number of sulfonamides is 1. The van der Waals surface area contributed by atoms with Gasteiger partial charge in [0.15, 0.2) is 0 Å². The van der Waals surface area contributed by atoms with Crippen molar-refractivity contribution >= 4 is 27.3 Å². The lowest BCUT2D eigenvalue weighted by Crippen LogP contribution is -2.42. The minimum absolute atomic E-state index is 0.182. The van der Waals surface area contributed by atoms with Crippen LogP contribution in [0.25, 0.3) is 5.70 Å². The summed E-state index contributed by atoms with van der Waals surface area (Å²) in [5.74, 6) is 0. The molecule has 0 saturated carbocycles. The van der Waals surface area contributed by atoms with Crippen LogP contribution >= 0.6 is 11.6 Å². The second kappa shape index (κ2) is 3.23. The number of nitrogens with zero attached hydrogens (tertiary/aromatic N) is 1. The number of fused-ring (bicyclic) bond motifs is 1. The quantitative estimate of drug-likeness (QED) is 0.752. The first-order valence-corrected chi connectivity index (χ1v) is 5.99. The molecule has 1 aliphatic rings. The molecule has 2 rings (SSSR count). The van der Waals surface area contributed by atoms with Crippen LogP contribution in [-0.4, -0.2) is 19.9 Å². The molecule has 0 fully saturated rings. The zero-order valence-electron chi connectivity index (χ0n) is 7.99. The molecule has 0 bridgehead atoms. The van der Waals surface area contributed by atoms with Crippen LogP contribution in [-0.2, 0) is 10.0 Å². The summed E-state index contributed by atoms with van der Waals surface area (Å²) in [6.07, 6.45) is 0. The number of rotatable bonds is 0. The van der Waals surface area contributed by atoms with Crippen molar-refractivity contribution in [2.75, 3.05) is 7.05 Å². The maximum atomic E-state index is 11.9. The summed E-state index contributed by atoms with van der Waals surface area (Å²) >= 11 is 5.77. The van der Waals surface area contributed by atoms with Gasteiger partial charge in [-0.25, -0.2) is 8.42 Å². The van der Waals surface area contributed by atoms with E-state index in [0.29, 0.717) is 16.3 Å². The first kappa shape index (κ1) is 10.5. The van der Waals surface area contributed by atoms with Gasteiger partial charge in [-0.3, -0.25) is 0 Å². The van der Waals surface area contributed by atoms with Gasteiger partial charge >= 0.3 is 0 Å².